The minimum atomic E-state index is -1.09. The number of hydrogen-bond donors (Lipinski definition) is 2. The number of rotatable bonds is 5. The number of nitrogens with zero attached hydrogens (tertiary/aromatic N) is 2. The summed E-state index contributed by atoms with van der Waals surface area (Å²) in [6.07, 6.45) is 0. The van der Waals surface area contributed by atoms with Gasteiger partial charge in [-0.25, -0.2) is 4.79 Å². The lowest BCUT2D eigenvalue weighted by atomic mass is 10.1. The quantitative estimate of drug-likeness (QED) is 0.780. The van der Waals surface area contributed by atoms with Crippen molar-refractivity contribution in [2.45, 2.75) is 46.2 Å². The van der Waals surface area contributed by atoms with Crippen LogP contribution in [0.2, 0.25) is 0 Å². The van der Waals surface area contributed by atoms with Gasteiger partial charge in [-0.2, -0.15) is 0 Å². The molecule has 0 radical (unpaired) electrons. The molecule has 2 N–H and O–H groups in total. The third-order valence-corrected chi connectivity index (χ3v) is 2.49. The van der Waals surface area contributed by atoms with E-state index in [1.165, 1.54) is 16.8 Å². The van der Waals surface area contributed by atoms with Crippen LogP contribution in [0, 0.1) is 0 Å². The van der Waals surface area contributed by atoms with Crippen LogP contribution in [0.3, 0.4) is 0 Å². The van der Waals surface area contributed by atoms with E-state index in [0.717, 1.165) is 0 Å². The van der Waals surface area contributed by atoms with E-state index >= 15 is 0 Å². The summed E-state index contributed by atoms with van der Waals surface area (Å²) in [5.41, 5.74) is -0.641. The molecule has 0 saturated carbocycles. The molecule has 20 heavy (non-hydrogen) atoms. The minimum Gasteiger partial charge on any atom is -0.480 e. The van der Waals surface area contributed by atoms with E-state index in [9.17, 15) is 14.4 Å². The Bertz CT molecular complexity index is 374. The molecule has 0 saturated heterocycles. The van der Waals surface area contributed by atoms with Gasteiger partial charge < -0.3 is 20.2 Å². The average Bonchev–Trinajstić information content (AvgIpc) is 2.21. The summed E-state index contributed by atoms with van der Waals surface area (Å²) in [4.78, 5) is 37.2. The Morgan fingerprint density at radius 1 is 1.15 bits per heavy atom. The lowest BCUT2D eigenvalue weighted by Gasteiger charge is -2.37. The van der Waals surface area contributed by atoms with Gasteiger partial charge in [0.05, 0.1) is 0 Å². The Balaban J connectivity index is 4.81. The molecule has 7 heteroatoms. The van der Waals surface area contributed by atoms with E-state index in [2.05, 4.69) is 5.32 Å². The van der Waals surface area contributed by atoms with E-state index < -0.39 is 24.1 Å². The summed E-state index contributed by atoms with van der Waals surface area (Å²) in [7, 11) is 1.48. The highest BCUT2D eigenvalue weighted by molar-refractivity contribution is 5.86. The molecule has 0 heterocycles. The van der Waals surface area contributed by atoms with Crippen LogP contribution in [0.15, 0.2) is 0 Å². The first kappa shape index (κ1) is 18.2. The number of carbonyl (C=O) groups is 3. The summed E-state index contributed by atoms with van der Waals surface area (Å²) < 4.78 is 0. The third-order valence-electron chi connectivity index (χ3n) is 2.49. The first-order valence-electron chi connectivity index (χ1n) is 6.49. The predicted octanol–water partition coefficient (Wildman–Crippen LogP) is 0.748. The number of carboxylic acid groups (broad SMARTS) is 1. The van der Waals surface area contributed by atoms with Crippen molar-refractivity contribution in [1.82, 2.24) is 15.1 Å². The van der Waals surface area contributed by atoms with Gasteiger partial charge in [-0.15, -0.1) is 0 Å². The molecule has 0 aromatic heterocycles. The van der Waals surface area contributed by atoms with Crippen LogP contribution in [0.4, 0.5) is 4.79 Å². The molecule has 0 fully saturated rings. The minimum absolute atomic E-state index is 0.0104. The van der Waals surface area contributed by atoms with Gasteiger partial charge in [-0.05, 0) is 34.6 Å². The van der Waals surface area contributed by atoms with Crippen molar-refractivity contribution >= 4 is 17.9 Å². The molecule has 116 valence electrons. The lowest BCUT2D eigenvalue weighted by Crippen LogP contribution is -2.54. The van der Waals surface area contributed by atoms with Crippen molar-refractivity contribution in [3.63, 3.8) is 0 Å². The van der Waals surface area contributed by atoms with Crippen LogP contribution in [-0.4, -0.2) is 64.5 Å². The molecule has 0 atom stereocenters. The molecule has 0 bridgehead atoms. The summed E-state index contributed by atoms with van der Waals surface area (Å²) in [5, 5.41) is 11.6. The molecule has 0 aromatic carbocycles. The molecule has 7 nitrogen and oxygen atoms in total. The molecule has 0 aliphatic carbocycles. The zero-order valence-electron chi connectivity index (χ0n) is 13.1. The van der Waals surface area contributed by atoms with Crippen molar-refractivity contribution in [2.24, 2.45) is 0 Å². The smallest absolute Gasteiger partial charge is 0.323 e. The Morgan fingerprint density at radius 2 is 1.65 bits per heavy atom. The zero-order valence-corrected chi connectivity index (χ0v) is 13.1. The predicted molar refractivity (Wildman–Crippen MR) is 75.4 cm³/mol. The highest BCUT2D eigenvalue weighted by Crippen LogP contribution is 2.15. The SMILES string of the molecule is CC(C)NC(=O)CN(C)C(=O)N(CC(=O)O)C(C)(C)C. The maximum atomic E-state index is 12.3. The molecule has 0 aliphatic heterocycles. The monoisotopic (exact) mass is 287 g/mol. The van der Waals surface area contributed by atoms with Crippen molar-refractivity contribution in [2.75, 3.05) is 20.1 Å². The van der Waals surface area contributed by atoms with Gasteiger partial charge in [-0.3, -0.25) is 9.59 Å². The van der Waals surface area contributed by atoms with Gasteiger partial charge in [0.1, 0.15) is 13.1 Å². The van der Waals surface area contributed by atoms with E-state index in [0.29, 0.717) is 0 Å². The van der Waals surface area contributed by atoms with Gasteiger partial charge >= 0.3 is 12.0 Å². The van der Waals surface area contributed by atoms with E-state index in [1.807, 2.05) is 13.8 Å². The van der Waals surface area contributed by atoms with Crippen molar-refractivity contribution in [3.05, 3.63) is 0 Å². The fourth-order valence-corrected chi connectivity index (χ4v) is 1.58. The standard InChI is InChI=1S/C13H25N3O4/c1-9(2)14-10(17)7-15(6)12(20)16(8-11(18)19)13(3,4)5/h9H,7-8H2,1-6H3,(H,14,17)(H,18,19). The molecule has 3 amide bonds. The first-order valence-corrected chi connectivity index (χ1v) is 6.49. The second kappa shape index (κ2) is 7.12. The number of likely N-dealkylation sites (N-methyl/N-ethyl adjacent to an activating group) is 1. The summed E-state index contributed by atoms with van der Waals surface area (Å²) in [5.74, 6) is -1.37. The van der Waals surface area contributed by atoms with E-state index in [4.69, 9.17) is 5.11 Å². The number of hydrogen-bond acceptors (Lipinski definition) is 3. The summed E-state index contributed by atoms with van der Waals surface area (Å²) >= 11 is 0. The number of amides is 3. The summed E-state index contributed by atoms with van der Waals surface area (Å²) in [6.45, 7) is 8.38. The molecule has 0 rings (SSSR count). The van der Waals surface area contributed by atoms with Crippen LogP contribution >= 0.6 is 0 Å². The lowest BCUT2D eigenvalue weighted by molar-refractivity contribution is -0.138. The van der Waals surface area contributed by atoms with Crippen LogP contribution in [0.5, 0.6) is 0 Å². The highest BCUT2D eigenvalue weighted by atomic mass is 16.4. The second-order valence-electron chi connectivity index (χ2n) is 6.01. The molecule has 0 aromatic rings. The van der Waals surface area contributed by atoms with Crippen LogP contribution in [-0.2, 0) is 9.59 Å². The van der Waals surface area contributed by atoms with E-state index in [1.54, 1.807) is 20.8 Å². The molecular formula is C13H25N3O4. The molecular weight excluding hydrogens is 262 g/mol. The van der Waals surface area contributed by atoms with Crippen molar-refractivity contribution < 1.29 is 19.5 Å². The molecule has 0 unspecified atom stereocenters. The maximum Gasteiger partial charge on any atom is 0.323 e. The number of carboxylic acids is 1. The summed E-state index contributed by atoms with van der Waals surface area (Å²) in [6, 6.07) is -0.498. The Labute approximate surface area is 119 Å². The number of carbonyl (C=O) groups excluding carboxylic acids is 2. The van der Waals surface area contributed by atoms with Gasteiger partial charge in [-0.1, -0.05) is 0 Å². The fraction of sp³-hybridized carbons (Fsp3) is 0.769. The second-order valence-corrected chi connectivity index (χ2v) is 6.01. The van der Waals surface area contributed by atoms with Crippen LogP contribution < -0.4 is 5.32 Å². The van der Waals surface area contributed by atoms with Crippen molar-refractivity contribution in [1.29, 1.82) is 0 Å². The Kier molecular flexibility index (Phi) is 6.48. The van der Waals surface area contributed by atoms with Gasteiger partial charge in [0.15, 0.2) is 0 Å². The Hall–Kier alpha value is -1.79. The van der Waals surface area contributed by atoms with Gasteiger partial charge in [0.2, 0.25) is 5.91 Å². The topological polar surface area (TPSA) is 90.0 Å². The van der Waals surface area contributed by atoms with Crippen molar-refractivity contribution in [3.8, 4) is 0 Å². The zero-order chi connectivity index (χ0) is 16.1. The number of aliphatic carboxylic acids is 1. The molecule has 0 spiro atoms. The largest absolute Gasteiger partial charge is 0.480 e. The van der Waals surface area contributed by atoms with Crippen LogP contribution in [0.25, 0.3) is 0 Å². The fourth-order valence-electron chi connectivity index (χ4n) is 1.58. The number of urea groups is 1. The third kappa shape index (κ3) is 6.40. The normalized spacial score (nSPS) is 11.2. The maximum absolute atomic E-state index is 12.3. The Morgan fingerprint density at radius 3 is 2.00 bits per heavy atom. The van der Waals surface area contributed by atoms with Gasteiger partial charge in [0.25, 0.3) is 0 Å². The van der Waals surface area contributed by atoms with E-state index in [-0.39, 0.29) is 18.5 Å². The van der Waals surface area contributed by atoms with Crippen LogP contribution in [0.1, 0.15) is 34.6 Å². The van der Waals surface area contributed by atoms with Gasteiger partial charge in [0, 0.05) is 18.6 Å². The first-order chi connectivity index (χ1) is 8.95. The average molecular weight is 287 g/mol. The highest BCUT2D eigenvalue weighted by Gasteiger charge is 2.31. The molecule has 0 aliphatic rings. The number of nitrogens with one attached hydrogen (secondary N) is 1.